The van der Waals surface area contributed by atoms with Gasteiger partial charge in [-0.25, -0.2) is 0 Å². The Kier molecular flexibility index (Phi) is 6.21. The predicted octanol–water partition coefficient (Wildman–Crippen LogP) is 1.66. The van der Waals surface area contributed by atoms with E-state index in [0.29, 0.717) is 38.6 Å². The van der Waals surface area contributed by atoms with Gasteiger partial charge in [0.05, 0.1) is 19.8 Å². The highest BCUT2D eigenvalue weighted by atomic mass is 16.5. The minimum Gasteiger partial charge on any atom is -0.494 e. The minimum absolute atomic E-state index is 0.00476. The number of anilines is 1. The van der Waals surface area contributed by atoms with Crippen molar-refractivity contribution < 1.29 is 19.1 Å². The zero-order valence-corrected chi connectivity index (χ0v) is 12.8. The van der Waals surface area contributed by atoms with Crippen LogP contribution >= 0.6 is 0 Å². The summed E-state index contributed by atoms with van der Waals surface area (Å²) in [5.74, 6) is 0.610. The van der Waals surface area contributed by atoms with Crippen molar-refractivity contribution in [2.24, 2.45) is 0 Å². The number of benzene rings is 1. The molecule has 0 aliphatic carbocycles. The third kappa shape index (κ3) is 5.04. The predicted molar refractivity (Wildman–Crippen MR) is 82.9 cm³/mol. The molecule has 1 aliphatic rings. The van der Waals surface area contributed by atoms with Crippen molar-refractivity contribution in [1.82, 2.24) is 4.90 Å². The van der Waals surface area contributed by atoms with Crippen LogP contribution in [0.2, 0.25) is 0 Å². The van der Waals surface area contributed by atoms with Gasteiger partial charge >= 0.3 is 0 Å². The smallest absolute Gasteiger partial charge is 0.224 e. The van der Waals surface area contributed by atoms with Crippen LogP contribution in [0.15, 0.2) is 24.3 Å². The molecule has 1 aromatic rings. The van der Waals surface area contributed by atoms with E-state index in [4.69, 9.17) is 9.47 Å². The fraction of sp³-hybridized carbons (Fsp3) is 0.500. The zero-order chi connectivity index (χ0) is 15.8. The lowest BCUT2D eigenvalue weighted by Crippen LogP contribution is -2.40. The maximum absolute atomic E-state index is 11.9. The number of hydrogen-bond acceptors (Lipinski definition) is 4. The van der Waals surface area contributed by atoms with Crippen LogP contribution in [0.1, 0.15) is 19.8 Å². The molecule has 0 saturated carbocycles. The molecule has 0 radical (unpaired) electrons. The van der Waals surface area contributed by atoms with E-state index in [2.05, 4.69) is 5.32 Å². The highest BCUT2D eigenvalue weighted by Gasteiger charge is 2.17. The van der Waals surface area contributed by atoms with Gasteiger partial charge < -0.3 is 19.7 Å². The zero-order valence-electron chi connectivity index (χ0n) is 12.8. The first-order valence-corrected chi connectivity index (χ1v) is 7.57. The molecule has 0 bridgehead atoms. The van der Waals surface area contributed by atoms with Crippen molar-refractivity contribution in [3.8, 4) is 5.75 Å². The van der Waals surface area contributed by atoms with Gasteiger partial charge in [-0.05, 0) is 31.2 Å². The van der Waals surface area contributed by atoms with Gasteiger partial charge in [-0.1, -0.05) is 0 Å². The number of nitrogens with one attached hydrogen (secondary N) is 1. The SMILES string of the molecule is CCOc1ccc(NC(=O)CCC(=O)N2CCOCC2)cc1. The summed E-state index contributed by atoms with van der Waals surface area (Å²) in [6.45, 7) is 4.89. The number of carbonyl (C=O) groups excluding carboxylic acids is 2. The monoisotopic (exact) mass is 306 g/mol. The Bertz CT molecular complexity index is 495. The topological polar surface area (TPSA) is 67.9 Å². The molecule has 1 aromatic carbocycles. The van der Waals surface area contributed by atoms with Crippen LogP contribution in [0.5, 0.6) is 5.75 Å². The van der Waals surface area contributed by atoms with E-state index < -0.39 is 0 Å². The third-order valence-corrected chi connectivity index (χ3v) is 3.38. The van der Waals surface area contributed by atoms with Gasteiger partial charge in [0.2, 0.25) is 11.8 Å². The fourth-order valence-electron chi connectivity index (χ4n) is 2.22. The van der Waals surface area contributed by atoms with E-state index in [9.17, 15) is 9.59 Å². The van der Waals surface area contributed by atoms with Gasteiger partial charge in [-0.15, -0.1) is 0 Å². The van der Waals surface area contributed by atoms with Crippen molar-refractivity contribution >= 4 is 17.5 Å². The molecule has 0 unspecified atom stereocenters. The van der Waals surface area contributed by atoms with Crippen LogP contribution in [-0.4, -0.2) is 49.6 Å². The largest absolute Gasteiger partial charge is 0.494 e. The van der Waals surface area contributed by atoms with Crippen molar-refractivity contribution in [3.05, 3.63) is 24.3 Å². The Balaban J connectivity index is 1.73. The first-order chi connectivity index (χ1) is 10.7. The van der Waals surface area contributed by atoms with Crippen molar-refractivity contribution in [1.29, 1.82) is 0 Å². The first-order valence-electron chi connectivity index (χ1n) is 7.57. The van der Waals surface area contributed by atoms with Crippen LogP contribution in [0.3, 0.4) is 0 Å². The summed E-state index contributed by atoms with van der Waals surface area (Å²) >= 11 is 0. The lowest BCUT2D eigenvalue weighted by atomic mass is 10.2. The Hall–Kier alpha value is -2.08. The average molecular weight is 306 g/mol. The Morgan fingerprint density at radius 3 is 2.50 bits per heavy atom. The van der Waals surface area contributed by atoms with Gasteiger partial charge in [0.25, 0.3) is 0 Å². The summed E-state index contributed by atoms with van der Waals surface area (Å²) in [6.07, 6.45) is 0.409. The van der Waals surface area contributed by atoms with E-state index in [1.54, 1.807) is 29.2 Å². The number of nitrogens with zero attached hydrogens (tertiary/aromatic N) is 1. The molecule has 2 amide bonds. The van der Waals surface area contributed by atoms with Crippen molar-refractivity contribution in [2.45, 2.75) is 19.8 Å². The van der Waals surface area contributed by atoms with E-state index in [1.807, 2.05) is 6.92 Å². The van der Waals surface area contributed by atoms with E-state index in [-0.39, 0.29) is 24.7 Å². The summed E-state index contributed by atoms with van der Waals surface area (Å²) < 4.78 is 10.5. The van der Waals surface area contributed by atoms with Crippen LogP contribution < -0.4 is 10.1 Å². The Morgan fingerprint density at radius 1 is 1.18 bits per heavy atom. The molecule has 1 aliphatic heterocycles. The summed E-state index contributed by atoms with van der Waals surface area (Å²) in [6, 6.07) is 7.18. The molecule has 0 spiro atoms. The van der Waals surface area contributed by atoms with Gasteiger partial charge in [0, 0.05) is 31.6 Å². The molecule has 120 valence electrons. The molecular weight excluding hydrogens is 284 g/mol. The van der Waals surface area contributed by atoms with Gasteiger partial charge in [0.1, 0.15) is 5.75 Å². The quantitative estimate of drug-likeness (QED) is 0.868. The second-order valence-electron chi connectivity index (χ2n) is 5.00. The normalized spacial score (nSPS) is 14.5. The molecule has 6 nitrogen and oxygen atoms in total. The van der Waals surface area contributed by atoms with Gasteiger partial charge in [-0.2, -0.15) is 0 Å². The molecule has 2 rings (SSSR count). The van der Waals surface area contributed by atoms with E-state index in [0.717, 1.165) is 5.75 Å². The molecule has 0 aromatic heterocycles. The number of rotatable bonds is 6. The summed E-state index contributed by atoms with van der Waals surface area (Å²) in [7, 11) is 0. The Labute approximate surface area is 130 Å². The third-order valence-electron chi connectivity index (χ3n) is 3.38. The molecule has 1 saturated heterocycles. The lowest BCUT2D eigenvalue weighted by Gasteiger charge is -2.26. The highest BCUT2D eigenvalue weighted by molar-refractivity contribution is 5.93. The molecule has 1 N–H and O–H groups in total. The highest BCUT2D eigenvalue weighted by Crippen LogP contribution is 2.16. The first kappa shape index (κ1) is 16.3. The molecule has 22 heavy (non-hydrogen) atoms. The van der Waals surface area contributed by atoms with Crippen LogP contribution in [0, 0.1) is 0 Å². The summed E-state index contributed by atoms with van der Waals surface area (Å²) in [5, 5.41) is 2.78. The maximum atomic E-state index is 11.9. The van der Waals surface area contributed by atoms with Crippen LogP contribution in [0.4, 0.5) is 5.69 Å². The number of carbonyl (C=O) groups is 2. The fourth-order valence-corrected chi connectivity index (χ4v) is 2.22. The summed E-state index contributed by atoms with van der Waals surface area (Å²) in [5.41, 5.74) is 0.701. The van der Waals surface area contributed by atoms with E-state index >= 15 is 0 Å². The van der Waals surface area contributed by atoms with Crippen LogP contribution in [-0.2, 0) is 14.3 Å². The Morgan fingerprint density at radius 2 is 1.86 bits per heavy atom. The van der Waals surface area contributed by atoms with E-state index in [1.165, 1.54) is 0 Å². The number of morpholine rings is 1. The molecule has 6 heteroatoms. The number of hydrogen-bond donors (Lipinski definition) is 1. The van der Waals surface area contributed by atoms with Gasteiger partial charge in [0.15, 0.2) is 0 Å². The minimum atomic E-state index is -0.161. The molecule has 1 heterocycles. The molecular formula is C16H22N2O4. The standard InChI is InChI=1S/C16H22N2O4/c1-2-22-14-5-3-13(4-6-14)17-15(19)7-8-16(20)18-9-11-21-12-10-18/h3-6H,2,7-12H2,1H3,(H,17,19). The second kappa shape index (κ2) is 8.38. The maximum Gasteiger partial charge on any atom is 0.224 e. The lowest BCUT2D eigenvalue weighted by molar-refractivity contribution is -0.136. The second-order valence-corrected chi connectivity index (χ2v) is 5.00. The molecule has 1 fully saturated rings. The van der Waals surface area contributed by atoms with Gasteiger partial charge in [-0.3, -0.25) is 9.59 Å². The number of ether oxygens (including phenoxy) is 2. The van der Waals surface area contributed by atoms with Crippen molar-refractivity contribution in [3.63, 3.8) is 0 Å². The molecule has 0 atom stereocenters. The number of amides is 2. The van der Waals surface area contributed by atoms with Crippen LogP contribution in [0.25, 0.3) is 0 Å². The average Bonchev–Trinajstić information content (AvgIpc) is 2.55. The summed E-state index contributed by atoms with van der Waals surface area (Å²) in [4.78, 5) is 25.6. The van der Waals surface area contributed by atoms with Crippen molar-refractivity contribution in [2.75, 3.05) is 38.2 Å².